The summed E-state index contributed by atoms with van der Waals surface area (Å²) in [4.78, 5) is 9.84. The Hall–Kier alpha value is 0.340. The summed E-state index contributed by atoms with van der Waals surface area (Å²) in [5, 5.41) is 0. The summed E-state index contributed by atoms with van der Waals surface area (Å²) < 4.78 is 3.50. The fraction of sp³-hybridized carbons (Fsp3) is 0.909. The summed E-state index contributed by atoms with van der Waals surface area (Å²) in [5.41, 5.74) is 0. The molecular weight excluding hydrogens is 270 g/mol. The van der Waals surface area contributed by atoms with Crippen molar-refractivity contribution in [2.75, 3.05) is 6.61 Å². The number of unbranched alkanes of at least 4 members (excludes halogenated alkanes) is 6. The molecular formula is C11H19Cl3O2. The molecule has 0 aliphatic carbocycles. The molecule has 0 aromatic heterocycles. The largest absolute Gasteiger partial charge is 0.468 e. The first-order valence-corrected chi connectivity index (χ1v) is 6.81. The molecule has 0 atom stereocenters. The van der Waals surface area contributed by atoms with E-state index in [9.17, 15) is 4.79 Å². The van der Waals surface area contributed by atoms with Crippen molar-refractivity contribution in [2.24, 2.45) is 0 Å². The molecule has 0 radical (unpaired) electrons. The highest BCUT2D eigenvalue weighted by Gasteiger charge is 2.17. The van der Waals surface area contributed by atoms with E-state index >= 15 is 0 Å². The van der Waals surface area contributed by atoms with Crippen LogP contribution in [0.4, 0.5) is 0 Å². The number of carbonyl (C=O) groups excluding carboxylic acids is 1. The van der Waals surface area contributed by atoms with Gasteiger partial charge in [-0.25, -0.2) is 0 Å². The summed E-state index contributed by atoms with van der Waals surface area (Å²) in [6, 6.07) is 0. The zero-order chi connectivity index (χ0) is 12.3. The van der Waals surface area contributed by atoms with Gasteiger partial charge >= 0.3 is 0 Å². The van der Waals surface area contributed by atoms with Gasteiger partial charge in [-0.05, 0) is 19.3 Å². The number of hydrogen-bond acceptors (Lipinski definition) is 2. The SMILES string of the molecule is O=COCCCCCCCCCC(Cl)(Cl)Cl. The molecule has 0 aliphatic heterocycles. The monoisotopic (exact) mass is 288 g/mol. The van der Waals surface area contributed by atoms with Gasteiger partial charge in [0.2, 0.25) is 0 Å². The van der Waals surface area contributed by atoms with Crippen LogP contribution in [0.1, 0.15) is 51.4 Å². The number of rotatable bonds is 10. The first-order valence-electron chi connectivity index (χ1n) is 5.68. The average Bonchev–Trinajstić information content (AvgIpc) is 2.19. The third-order valence-electron chi connectivity index (χ3n) is 2.29. The Morgan fingerprint density at radius 3 is 1.88 bits per heavy atom. The molecule has 0 unspecified atom stereocenters. The normalized spacial score (nSPS) is 11.4. The predicted molar refractivity (Wildman–Crippen MR) is 69.2 cm³/mol. The summed E-state index contributed by atoms with van der Waals surface area (Å²) in [6.07, 6.45) is 8.31. The smallest absolute Gasteiger partial charge is 0.293 e. The Balaban J connectivity index is 3.01. The van der Waals surface area contributed by atoms with Crippen LogP contribution in [0.5, 0.6) is 0 Å². The molecule has 0 N–H and O–H groups in total. The lowest BCUT2D eigenvalue weighted by Gasteiger charge is -2.09. The summed E-state index contributed by atoms with van der Waals surface area (Å²) in [5.74, 6) is 0. The van der Waals surface area contributed by atoms with Crippen molar-refractivity contribution in [3.05, 3.63) is 0 Å². The predicted octanol–water partition coefficient (Wildman–Crippen LogP) is 4.65. The molecule has 2 nitrogen and oxygen atoms in total. The Morgan fingerprint density at radius 2 is 1.38 bits per heavy atom. The quantitative estimate of drug-likeness (QED) is 0.332. The van der Waals surface area contributed by atoms with Gasteiger partial charge in [-0.15, -0.1) is 0 Å². The van der Waals surface area contributed by atoms with Crippen molar-refractivity contribution in [3.8, 4) is 0 Å². The summed E-state index contributed by atoms with van der Waals surface area (Å²) in [7, 11) is 0. The lowest BCUT2D eigenvalue weighted by Crippen LogP contribution is -2.00. The van der Waals surface area contributed by atoms with E-state index in [1.54, 1.807) is 0 Å². The maximum Gasteiger partial charge on any atom is 0.293 e. The second-order valence-electron chi connectivity index (χ2n) is 3.81. The van der Waals surface area contributed by atoms with Crippen LogP contribution in [-0.2, 0) is 9.53 Å². The van der Waals surface area contributed by atoms with Gasteiger partial charge in [0.15, 0.2) is 3.79 Å². The molecule has 0 saturated carbocycles. The van der Waals surface area contributed by atoms with Gasteiger partial charge in [0.25, 0.3) is 6.47 Å². The molecule has 0 aliphatic rings. The van der Waals surface area contributed by atoms with Gasteiger partial charge in [0, 0.05) is 0 Å². The highest BCUT2D eigenvalue weighted by atomic mass is 35.6. The molecule has 16 heavy (non-hydrogen) atoms. The Kier molecular flexibility index (Phi) is 10.7. The van der Waals surface area contributed by atoms with Gasteiger partial charge in [0.1, 0.15) is 0 Å². The number of halogens is 3. The van der Waals surface area contributed by atoms with Crippen molar-refractivity contribution in [1.82, 2.24) is 0 Å². The van der Waals surface area contributed by atoms with Crippen molar-refractivity contribution in [3.63, 3.8) is 0 Å². The molecule has 0 bridgehead atoms. The maximum absolute atomic E-state index is 9.84. The minimum atomic E-state index is -1.09. The van der Waals surface area contributed by atoms with E-state index in [1.807, 2.05) is 0 Å². The zero-order valence-electron chi connectivity index (χ0n) is 9.39. The molecule has 0 saturated heterocycles. The van der Waals surface area contributed by atoms with Gasteiger partial charge in [-0.2, -0.15) is 0 Å². The summed E-state index contributed by atoms with van der Waals surface area (Å²) in [6.45, 7) is 1.04. The Morgan fingerprint density at radius 1 is 0.875 bits per heavy atom. The van der Waals surface area contributed by atoms with Gasteiger partial charge in [0.05, 0.1) is 6.61 Å². The second kappa shape index (κ2) is 10.5. The maximum atomic E-state index is 9.84. The molecule has 0 spiro atoms. The molecule has 0 rings (SSSR count). The minimum Gasteiger partial charge on any atom is -0.468 e. The van der Waals surface area contributed by atoms with Gasteiger partial charge < -0.3 is 4.74 Å². The van der Waals surface area contributed by atoms with E-state index in [4.69, 9.17) is 34.8 Å². The fourth-order valence-electron chi connectivity index (χ4n) is 1.44. The number of ether oxygens (including phenoxy) is 1. The van der Waals surface area contributed by atoms with E-state index in [-0.39, 0.29) is 0 Å². The number of hydrogen-bond donors (Lipinski definition) is 0. The average molecular weight is 290 g/mol. The molecule has 0 aromatic carbocycles. The van der Waals surface area contributed by atoms with Crippen molar-refractivity contribution >= 4 is 41.3 Å². The highest BCUT2D eigenvalue weighted by molar-refractivity contribution is 6.67. The van der Waals surface area contributed by atoms with E-state index in [0.29, 0.717) is 19.5 Å². The topological polar surface area (TPSA) is 26.3 Å². The fourth-order valence-corrected chi connectivity index (χ4v) is 1.84. The third-order valence-corrected chi connectivity index (χ3v) is 2.86. The Bertz CT molecular complexity index is 169. The van der Waals surface area contributed by atoms with E-state index in [0.717, 1.165) is 25.7 Å². The van der Waals surface area contributed by atoms with Crippen molar-refractivity contribution in [2.45, 2.75) is 55.2 Å². The van der Waals surface area contributed by atoms with Crippen LogP contribution >= 0.6 is 34.8 Å². The lowest BCUT2D eigenvalue weighted by atomic mass is 10.1. The lowest BCUT2D eigenvalue weighted by molar-refractivity contribution is -0.128. The van der Waals surface area contributed by atoms with E-state index < -0.39 is 3.79 Å². The summed E-state index contributed by atoms with van der Waals surface area (Å²) >= 11 is 16.9. The van der Waals surface area contributed by atoms with E-state index in [1.165, 1.54) is 19.3 Å². The van der Waals surface area contributed by atoms with Gasteiger partial charge in [-0.3, -0.25) is 4.79 Å². The van der Waals surface area contributed by atoms with Crippen LogP contribution < -0.4 is 0 Å². The first-order chi connectivity index (χ1) is 7.56. The van der Waals surface area contributed by atoms with Crippen molar-refractivity contribution < 1.29 is 9.53 Å². The third kappa shape index (κ3) is 14.3. The first kappa shape index (κ1) is 16.3. The molecule has 96 valence electrons. The van der Waals surface area contributed by atoms with E-state index in [2.05, 4.69) is 4.74 Å². The number of carbonyl (C=O) groups is 1. The standard InChI is InChI=1S/C11H19Cl3O2/c12-11(13,14)8-6-4-2-1-3-5-7-9-16-10-15/h10H,1-9H2. The highest BCUT2D eigenvalue weighted by Crippen LogP contribution is 2.32. The minimum absolute atomic E-state index is 0.497. The van der Waals surface area contributed by atoms with Crippen LogP contribution in [0.2, 0.25) is 0 Å². The van der Waals surface area contributed by atoms with Crippen LogP contribution in [0, 0.1) is 0 Å². The van der Waals surface area contributed by atoms with Crippen LogP contribution in [-0.4, -0.2) is 16.9 Å². The molecule has 0 fully saturated rings. The van der Waals surface area contributed by atoms with Gasteiger partial charge in [-0.1, -0.05) is 66.9 Å². The zero-order valence-corrected chi connectivity index (χ0v) is 11.7. The molecule has 5 heteroatoms. The van der Waals surface area contributed by atoms with Crippen LogP contribution in [0.3, 0.4) is 0 Å². The number of alkyl halides is 3. The van der Waals surface area contributed by atoms with Crippen molar-refractivity contribution in [1.29, 1.82) is 0 Å². The van der Waals surface area contributed by atoms with Crippen LogP contribution in [0.15, 0.2) is 0 Å². The Labute approximate surface area is 113 Å². The molecule has 0 heterocycles. The van der Waals surface area contributed by atoms with Crippen LogP contribution in [0.25, 0.3) is 0 Å². The second-order valence-corrected chi connectivity index (χ2v) is 6.32. The molecule has 0 aromatic rings. The molecule has 0 amide bonds.